The molecule has 1 fully saturated rings. The third kappa shape index (κ3) is 1.20. The zero-order chi connectivity index (χ0) is 6.97. The van der Waals surface area contributed by atoms with E-state index < -0.39 is 0 Å². The molecule has 1 aliphatic carbocycles. The number of hydrogen-bond donors (Lipinski definition) is 0. The third-order valence-corrected chi connectivity index (χ3v) is 1.84. The van der Waals surface area contributed by atoms with Gasteiger partial charge in [0.25, 0.3) is 0 Å². The Balaban J connectivity index is 2.03. The molecule has 0 atom stereocenters. The highest BCUT2D eigenvalue weighted by Gasteiger charge is 2.21. The second-order valence-electron chi connectivity index (χ2n) is 3.02. The largest absolute Gasteiger partial charge is 0.272 e. The molecule has 1 aromatic rings. The van der Waals surface area contributed by atoms with Gasteiger partial charge < -0.3 is 0 Å². The van der Waals surface area contributed by atoms with Gasteiger partial charge in [0.05, 0.1) is 5.69 Å². The van der Waals surface area contributed by atoms with Crippen molar-refractivity contribution >= 4 is 0 Å². The SMILES string of the molecule is Cc1[c]cn(CC2CC2)n1. The van der Waals surface area contributed by atoms with Gasteiger partial charge in [-0.2, -0.15) is 5.10 Å². The summed E-state index contributed by atoms with van der Waals surface area (Å²) in [5.74, 6) is 0.910. The van der Waals surface area contributed by atoms with Crippen LogP contribution in [0.3, 0.4) is 0 Å². The van der Waals surface area contributed by atoms with Crippen molar-refractivity contribution in [1.82, 2.24) is 9.78 Å². The Morgan fingerprint density at radius 1 is 1.80 bits per heavy atom. The second-order valence-corrected chi connectivity index (χ2v) is 3.02. The fraction of sp³-hybridized carbons (Fsp3) is 0.625. The van der Waals surface area contributed by atoms with E-state index in [0.29, 0.717) is 0 Å². The van der Waals surface area contributed by atoms with E-state index in [1.807, 2.05) is 17.8 Å². The van der Waals surface area contributed by atoms with Crippen LogP contribution in [-0.2, 0) is 6.54 Å². The highest BCUT2D eigenvalue weighted by molar-refractivity contribution is 4.92. The van der Waals surface area contributed by atoms with Crippen LogP contribution in [0.15, 0.2) is 6.20 Å². The molecule has 0 aliphatic heterocycles. The minimum atomic E-state index is 0.910. The maximum absolute atomic E-state index is 4.25. The quantitative estimate of drug-likeness (QED) is 0.599. The van der Waals surface area contributed by atoms with Gasteiger partial charge in [0, 0.05) is 18.8 Å². The molecule has 2 rings (SSSR count). The Morgan fingerprint density at radius 3 is 3.10 bits per heavy atom. The third-order valence-electron chi connectivity index (χ3n) is 1.84. The van der Waals surface area contributed by atoms with Gasteiger partial charge in [-0.1, -0.05) is 0 Å². The van der Waals surface area contributed by atoms with Crippen molar-refractivity contribution in [2.24, 2.45) is 5.92 Å². The second kappa shape index (κ2) is 2.11. The van der Waals surface area contributed by atoms with Crippen LogP contribution in [0, 0.1) is 18.9 Å². The molecular formula is C8H11N2. The summed E-state index contributed by atoms with van der Waals surface area (Å²) >= 11 is 0. The molecular weight excluding hydrogens is 124 g/mol. The van der Waals surface area contributed by atoms with Crippen molar-refractivity contribution in [1.29, 1.82) is 0 Å². The predicted octanol–water partition coefficient (Wildman–Crippen LogP) is 1.40. The first-order chi connectivity index (χ1) is 4.84. The lowest BCUT2D eigenvalue weighted by atomic mass is 10.4. The molecule has 0 unspecified atom stereocenters. The highest BCUT2D eigenvalue weighted by atomic mass is 15.3. The molecule has 0 bridgehead atoms. The first kappa shape index (κ1) is 5.96. The average molecular weight is 135 g/mol. The topological polar surface area (TPSA) is 17.8 Å². The molecule has 0 spiro atoms. The van der Waals surface area contributed by atoms with E-state index in [1.54, 1.807) is 0 Å². The Labute approximate surface area is 60.9 Å². The zero-order valence-corrected chi connectivity index (χ0v) is 6.17. The Morgan fingerprint density at radius 2 is 2.60 bits per heavy atom. The van der Waals surface area contributed by atoms with Crippen molar-refractivity contribution in [3.63, 3.8) is 0 Å². The molecule has 0 N–H and O–H groups in total. The van der Waals surface area contributed by atoms with Gasteiger partial charge in [0.1, 0.15) is 0 Å². The fourth-order valence-electron chi connectivity index (χ4n) is 1.08. The van der Waals surface area contributed by atoms with Gasteiger partial charge in [0.15, 0.2) is 0 Å². The van der Waals surface area contributed by atoms with E-state index in [2.05, 4.69) is 11.2 Å². The summed E-state index contributed by atoms with van der Waals surface area (Å²) in [7, 11) is 0. The zero-order valence-electron chi connectivity index (χ0n) is 6.17. The molecule has 10 heavy (non-hydrogen) atoms. The van der Waals surface area contributed by atoms with Gasteiger partial charge in [-0.05, 0) is 25.7 Å². The average Bonchev–Trinajstić information content (AvgIpc) is 2.59. The predicted molar refractivity (Wildman–Crippen MR) is 38.5 cm³/mol. The van der Waals surface area contributed by atoms with Crippen LogP contribution in [0.25, 0.3) is 0 Å². The van der Waals surface area contributed by atoms with Crippen molar-refractivity contribution < 1.29 is 0 Å². The van der Waals surface area contributed by atoms with Gasteiger partial charge in [-0.3, -0.25) is 4.68 Å². The standard InChI is InChI=1S/C8H11N2/c1-7-4-5-10(9-7)6-8-2-3-8/h5,8H,2-3,6H2,1H3. The Hall–Kier alpha value is -0.790. The first-order valence-corrected chi connectivity index (χ1v) is 3.76. The maximum Gasteiger partial charge on any atom is 0.0673 e. The lowest BCUT2D eigenvalue weighted by Gasteiger charge is -1.95. The van der Waals surface area contributed by atoms with Gasteiger partial charge in [0.2, 0.25) is 0 Å². The molecule has 1 radical (unpaired) electrons. The minimum absolute atomic E-state index is 0.910. The summed E-state index contributed by atoms with van der Waals surface area (Å²) in [4.78, 5) is 0. The normalized spacial score (nSPS) is 17.7. The van der Waals surface area contributed by atoms with Crippen LogP contribution in [-0.4, -0.2) is 9.78 Å². The molecule has 53 valence electrons. The number of aromatic nitrogens is 2. The Bertz CT molecular complexity index is 223. The van der Waals surface area contributed by atoms with E-state index in [1.165, 1.54) is 12.8 Å². The molecule has 0 aromatic carbocycles. The molecule has 1 heterocycles. The van der Waals surface area contributed by atoms with Gasteiger partial charge >= 0.3 is 0 Å². The smallest absolute Gasteiger partial charge is 0.0673 e. The summed E-state index contributed by atoms with van der Waals surface area (Å²) in [6, 6.07) is 3.05. The molecule has 0 saturated heterocycles. The van der Waals surface area contributed by atoms with E-state index >= 15 is 0 Å². The van der Waals surface area contributed by atoms with Crippen LogP contribution >= 0.6 is 0 Å². The van der Waals surface area contributed by atoms with E-state index in [9.17, 15) is 0 Å². The molecule has 0 amide bonds. The summed E-state index contributed by atoms with van der Waals surface area (Å²) < 4.78 is 1.99. The number of hydrogen-bond acceptors (Lipinski definition) is 1. The summed E-state index contributed by atoms with van der Waals surface area (Å²) in [5.41, 5.74) is 1.00. The van der Waals surface area contributed by atoms with Gasteiger partial charge in [-0.25, -0.2) is 0 Å². The molecule has 1 saturated carbocycles. The lowest BCUT2D eigenvalue weighted by molar-refractivity contribution is 0.559. The van der Waals surface area contributed by atoms with Crippen LogP contribution < -0.4 is 0 Å². The summed E-state index contributed by atoms with van der Waals surface area (Å²) in [6.45, 7) is 3.08. The van der Waals surface area contributed by atoms with Crippen molar-refractivity contribution in [3.8, 4) is 0 Å². The first-order valence-electron chi connectivity index (χ1n) is 3.76. The van der Waals surface area contributed by atoms with E-state index in [4.69, 9.17) is 0 Å². The Kier molecular flexibility index (Phi) is 1.26. The highest BCUT2D eigenvalue weighted by Crippen LogP contribution is 2.30. The van der Waals surface area contributed by atoms with Crippen molar-refractivity contribution in [2.45, 2.75) is 26.3 Å². The summed E-state index contributed by atoms with van der Waals surface area (Å²) in [6.07, 6.45) is 4.71. The monoisotopic (exact) mass is 135 g/mol. The molecule has 1 aliphatic rings. The molecule has 2 heteroatoms. The van der Waals surface area contributed by atoms with E-state index in [-0.39, 0.29) is 0 Å². The van der Waals surface area contributed by atoms with Gasteiger partial charge in [-0.15, -0.1) is 0 Å². The number of aryl methyl sites for hydroxylation is 1. The van der Waals surface area contributed by atoms with E-state index in [0.717, 1.165) is 18.2 Å². The minimum Gasteiger partial charge on any atom is -0.272 e. The summed E-state index contributed by atoms with van der Waals surface area (Å²) in [5, 5.41) is 4.25. The van der Waals surface area contributed by atoms with Crippen molar-refractivity contribution in [3.05, 3.63) is 18.0 Å². The number of rotatable bonds is 2. The van der Waals surface area contributed by atoms with Crippen LogP contribution in [0.5, 0.6) is 0 Å². The fourth-order valence-corrected chi connectivity index (χ4v) is 1.08. The van der Waals surface area contributed by atoms with Crippen LogP contribution in [0.2, 0.25) is 0 Å². The lowest BCUT2D eigenvalue weighted by Crippen LogP contribution is -1.99. The number of nitrogens with zero attached hydrogens (tertiary/aromatic N) is 2. The molecule has 1 aromatic heterocycles. The molecule has 2 nitrogen and oxygen atoms in total. The maximum atomic E-state index is 4.25. The van der Waals surface area contributed by atoms with Crippen LogP contribution in [0.4, 0.5) is 0 Å². The van der Waals surface area contributed by atoms with Crippen LogP contribution in [0.1, 0.15) is 18.5 Å². The van der Waals surface area contributed by atoms with Crippen molar-refractivity contribution in [2.75, 3.05) is 0 Å².